The van der Waals surface area contributed by atoms with Gasteiger partial charge in [-0.05, 0) is 67.3 Å². The minimum absolute atomic E-state index is 0.0188. The van der Waals surface area contributed by atoms with Crippen molar-refractivity contribution in [1.82, 2.24) is 9.80 Å². The van der Waals surface area contributed by atoms with Gasteiger partial charge in [-0.3, -0.25) is 9.59 Å². The molecule has 0 atom stereocenters. The van der Waals surface area contributed by atoms with Crippen LogP contribution in [-0.4, -0.2) is 41.0 Å². The van der Waals surface area contributed by atoms with E-state index >= 15 is 0 Å². The summed E-state index contributed by atoms with van der Waals surface area (Å²) in [4.78, 5) is 31.0. The quantitative estimate of drug-likeness (QED) is 0.440. The zero-order chi connectivity index (χ0) is 23.4. The first-order valence-electron chi connectivity index (χ1n) is 10.7. The molecule has 1 aliphatic rings. The first kappa shape index (κ1) is 23.1. The minimum atomic E-state index is -0.200. The summed E-state index contributed by atoms with van der Waals surface area (Å²) < 4.78 is 10.9. The number of thiophene rings is 1. The molecular weight excluding hydrogens is 460 g/mol. The fourth-order valence-electron chi connectivity index (χ4n) is 3.58. The Bertz CT molecular complexity index is 1120. The van der Waals surface area contributed by atoms with E-state index in [1.807, 2.05) is 49.6 Å². The molecule has 2 amide bonds. The van der Waals surface area contributed by atoms with Crippen LogP contribution in [0, 0.1) is 0 Å². The van der Waals surface area contributed by atoms with Gasteiger partial charge in [-0.1, -0.05) is 23.7 Å². The van der Waals surface area contributed by atoms with Crippen molar-refractivity contribution in [3.8, 4) is 11.5 Å². The summed E-state index contributed by atoms with van der Waals surface area (Å²) in [5.74, 6) is 1.05. The highest BCUT2D eigenvalue weighted by atomic mass is 35.5. The number of carbonyl (C=O) groups is 2. The Kier molecular flexibility index (Phi) is 7.20. The van der Waals surface area contributed by atoms with E-state index in [-0.39, 0.29) is 31.2 Å². The maximum Gasteiger partial charge on any atom is 0.254 e. The van der Waals surface area contributed by atoms with Gasteiger partial charge < -0.3 is 19.3 Å². The number of hydrogen-bond acceptors (Lipinski definition) is 5. The van der Waals surface area contributed by atoms with Crippen molar-refractivity contribution in [3.05, 3.63) is 81.0 Å². The van der Waals surface area contributed by atoms with Gasteiger partial charge in [0.25, 0.3) is 5.91 Å². The Morgan fingerprint density at radius 3 is 2.48 bits per heavy atom. The monoisotopic (exact) mass is 484 g/mol. The van der Waals surface area contributed by atoms with E-state index in [4.69, 9.17) is 21.1 Å². The van der Waals surface area contributed by atoms with E-state index in [1.165, 1.54) is 0 Å². The van der Waals surface area contributed by atoms with Crippen molar-refractivity contribution < 1.29 is 19.1 Å². The molecule has 0 N–H and O–H groups in total. The topological polar surface area (TPSA) is 59.1 Å². The lowest BCUT2D eigenvalue weighted by atomic mass is 10.1. The summed E-state index contributed by atoms with van der Waals surface area (Å²) in [7, 11) is 0. The average Bonchev–Trinajstić information content (AvgIpc) is 3.48. The second kappa shape index (κ2) is 10.3. The Balaban J connectivity index is 1.54. The Hall–Kier alpha value is -3.03. The highest BCUT2D eigenvalue weighted by Crippen LogP contribution is 2.33. The molecule has 1 aliphatic heterocycles. The molecule has 33 heavy (non-hydrogen) atoms. The van der Waals surface area contributed by atoms with E-state index in [0.717, 1.165) is 10.4 Å². The third-order valence-corrected chi connectivity index (χ3v) is 6.48. The van der Waals surface area contributed by atoms with Gasteiger partial charge in [0.15, 0.2) is 11.5 Å². The van der Waals surface area contributed by atoms with Gasteiger partial charge in [0.2, 0.25) is 12.7 Å². The van der Waals surface area contributed by atoms with Crippen LogP contribution in [-0.2, 0) is 17.9 Å². The van der Waals surface area contributed by atoms with E-state index in [1.54, 1.807) is 45.4 Å². The van der Waals surface area contributed by atoms with Crippen molar-refractivity contribution in [3.63, 3.8) is 0 Å². The molecule has 0 aliphatic carbocycles. The molecule has 8 heteroatoms. The lowest BCUT2D eigenvalue weighted by molar-refractivity contribution is -0.133. The summed E-state index contributed by atoms with van der Waals surface area (Å²) in [6, 6.07) is 16.2. The van der Waals surface area contributed by atoms with Crippen molar-refractivity contribution >= 4 is 34.8 Å². The molecule has 0 spiro atoms. The van der Waals surface area contributed by atoms with Crippen LogP contribution in [0.25, 0.3) is 0 Å². The van der Waals surface area contributed by atoms with Gasteiger partial charge in [0, 0.05) is 28.0 Å². The summed E-state index contributed by atoms with van der Waals surface area (Å²) in [5, 5.41) is 2.55. The van der Waals surface area contributed by atoms with Crippen LogP contribution in [0.2, 0.25) is 5.02 Å². The van der Waals surface area contributed by atoms with Crippen LogP contribution < -0.4 is 9.47 Å². The number of hydrogen-bond donors (Lipinski definition) is 0. The van der Waals surface area contributed by atoms with Crippen LogP contribution in [0.5, 0.6) is 11.5 Å². The van der Waals surface area contributed by atoms with Crippen molar-refractivity contribution in [2.45, 2.75) is 33.0 Å². The predicted molar refractivity (Wildman–Crippen MR) is 129 cm³/mol. The fourth-order valence-corrected chi connectivity index (χ4v) is 4.42. The van der Waals surface area contributed by atoms with E-state index in [0.29, 0.717) is 35.2 Å². The number of fused-ring (bicyclic) bond motifs is 1. The number of halogens is 1. The normalized spacial score (nSPS) is 12.1. The van der Waals surface area contributed by atoms with Gasteiger partial charge >= 0.3 is 0 Å². The molecule has 2 heterocycles. The van der Waals surface area contributed by atoms with E-state index in [9.17, 15) is 9.59 Å². The molecule has 2 aromatic carbocycles. The van der Waals surface area contributed by atoms with Gasteiger partial charge in [-0.2, -0.15) is 0 Å². The molecular formula is C25H25ClN2O4S. The zero-order valence-corrected chi connectivity index (χ0v) is 20.1. The molecule has 0 bridgehead atoms. The number of benzene rings is 2. The number of ether oxygens (including phenoxy) is 2. The second-order valence-corrected chi connectivity index (χ2v) is 9.52. The van der Waals surface area contributed by atoms with Gasteiger partial charge in [-0.15, -0.1) is 11.3 Å². The maximum absolute atomic E-state index is 13.5. The third-order valence-electron chi connectivity index (χ3n) is 5.37. The number of rotatable bonds is 8. The number of carbonyl (C=O) groups excluding carboxylic acids is 2. The maximum atomic E-state index is 13.5. The van der Waals surface area contributed by atoms with E-state index < -0.39 is 0 Å². The van der Waals surface area contributed by atoms with Crippen LogP contribution in [0.3, 0.4) is 0 Å². The largest absolute Gasteiger partial charge is 0.454 e. The Morgan fingerprint density at radius 2 is 1.79 bits per heavy atom. The molecule has 4 rings (SSSR count). The Morgan fingerprint density at radius 1 is 1.03 bits per heavy atom. The highest BCUT2D eigenvalue weighted by molar-refractivity contribution is 7.09. The molecule has 3 aromatic rings. The third kappa shape index (κ3) is 5.67. The lowest BCUT2D eigenvalue weighted by Gasteiger charge is -2.30. The first-order valence-corrected chi connectivity index (χ1v) is 11.9. The van der Waals surface area contributed by atoms with Crippen LogP contribution in [0.4, 0.5) is 0 Å². The minimum Gasteiger partial charge on any atom is -0.454 e. The van der Waals surface area contributed by atoms with E-state index in [2.05, 4.69) is 0 Å². The summed E-state index contributed by atoms with van der Waals surface area (Å²) in [5.41, 5.74) is 1.44. The number of amides is 2. The molecule has 0 saturated heterocycles. The van der Waals surface area contributed by atoms with Crippen LogP contribution >= 0.6 is 22.9 Å². The molecule has 1 aromatic heterocycles. The number of nitrogens with zero attached hydrogens (tertiary/aromatic N) is 2. The predicted octanol–water partition coefficient (Wildman–Crippen LogP) is 5.21. The Labute approximate surface area is 202 Å². The highest BCUT2D eigenvalue weighted by Gasteiger charge is 2.25. The molecule has 6 nitrogen and oxygen atoms in total. The molecule has 172 valence electrons. The second-order valence-electron chi connectivity index (χ2n) is 8.05. The van der Waals surface area contributed by atoms with Crippen molar-refractivity contribution in [1.29, 1.82) is 0 Å². The molecule has 0 saturated carbocycles. The molecule has 0 radical (unpaired) electrons. The molecule has 0 unspecified atom stereocenters. The van der Waals surface area contributed by atoms with Crippen LogP contribution in [0.1, 0.15) is 34.6 Å². The summed E-state index contributed by atoms with van der Waals surface area (Å²) >= 11 is 7.56. The average molecular weight is 485 g/mol. The first-order chi connectivity index (χ1) is 15.9. The SMILES string of the molecule is CC(C)N(CC(=O)N(Cc1ccc2c(c1)OCO2)Cc1cccs1)C(=O)c1ccc(Cl)cc1. The smallest absolute Gasteiger partial charge is 0.254 e. The summed E-state index contributed by atoms with van der Waals surface area (Å²) in [6.45, 7) is 4.85. The van der Waals surface area contributed by atoms with Crippen molar-refractivity contribution in [2.24, 2.45) is 0 Å². The molecule has 0 fully saturated rings. The van der Waals surface area contributed by atoms with Gasteiger partial charge in [-0.25, -0.2) is 0 Å². The standard InChI is InChI=1S/C25H25ClN2O4S/c1-17(2)28(25(30)19-6-8-20(26)9-7-19)15-24(29)27(14-21-4-3-11-33-21)13-18-5-10-22-23(12-18)32-16-31-22/h3-12,17H,13-16H2,1-2H3. The zero-order valence-electron chi connectivity index (χ0n) is 18.5. The lowest BCUT2D eigenvalue weighted by Crippen LogP contribution is -2.45. The fraction of sp³-hybridized carbons (Fsp3) is 0.280. The van der Waals surface area contributed by atoms with Gasteiger partial charge in [0.1, 0.15) is 6.54 Å². The van der Waals surface area contributed by atoms with Crippen LogP contribution in [0.15, 0.2) is 60.0 Å². The van der Waals surface area contributed by atoms with Crippen molar-refractivity contribution in [2.75, 3.05) is 13.3 Å². The van der Waals surface area contributed by atoms with Gasteiger partial charge in [0.05, 0.1) is 6.54 Å². The summed E-state index contributed by atoms with van der Waals surface area (Å²) in [6.07, 6.45) is 0.